The van der Waals surface area contributed by atoms with E-state index in [1.807, 2.05) is 11.9 Å². The summed E-state index contributed by atoms with van der Waals surface area (Å²) in [5.74, 6) is 2.04. The normalized spacial score (nSPS) is 22.9. The SMILES string of the molecule is CN(CC1CCN(c2nnc(C3CC3)s2)CC1)C(=O)C1CC1. The van der Waals surface area contributed by atoms with Crippen LogP contribution in [-0.4, -0.2) is 47.7 Å². The molecule has 0 bridgehead atoms. The molecule has 1 amide bonds. The Hall–Kier alpha value is -1.17. The van der Waals surface area contributed by atoms with Crippen molar-refractivity contribution in [2.45, 2.75) is 44.4 Å². The van der Waals surface area contributed by atoms with Crippen molar-refractivity contribution < 1.29 is 4.79 Å². The molecular formula is C16H24N4OS. The maximum Gasteiger partial charge on any atom is 0.225 e. The first-order valence-corrected chi connectivity index (χ1v) is 9.35. The summed E-state index contributed by atoms with van der Waals surface area (Å²) in [4.78, 5) is 16.4. The number of piperidine rings is 1. The van der Waals surface area contributed by atoms with Crippen LogP contribution in [0.15, 0.2) is 0 Å². The quantitative estimate of drug-likeness (QED) is 0.836. The van der Waals surface area contributed by atoms with Crippen LogP contribution < -0.4 is 4.90 Å². The lowest BCUT2D eigenvalue weighted by atomic mass is 9.96. The van der Waals surface area contributed by atoms with E-state index in [1.54, 1.807) is 11.3 Å². The van der Waals surface area contributed by atoms with Gasteiger partial charge in [-0.2, -0.15) is 0 Å². The van der Waals surface area contributed by atoms with Crippen molar-refractivity contribution in [3.8, 4) is 0 Å². The second-order valence-corrected chi connectivity index (χ2v) is 8.11. The predicted molar refractivity (Wildman–Crippen MR) is 87.2 cm³/mol. The average Bonchev–Trinajstić information content (AvgIpc) is 3.46. The lowest BCUT2D eigenvalue weighted by Gasteiger charge is -2.33. The molecule has 6 heteroatoms. The van der Waals surface area contributed by atoms with E-state index in [0.29, 0.717) is 23.7 Å². The Morgan fingerprint density at radius 1 is 1.18 bits per heavy atom. The molecule has 0 radical (unpaired) electrons. The minimum absolute atomic E-state index is 0.340. The molecule has 3 fully saturated rings. The lowest BCUT2D eigenvalue weighted by Crippen LogP contribution is -2.39. The van der Waals surface area contributed by atoms with Crippen LogP contribution in [0.25, 0.3) is 0 Å². The Morgan fingerprint density at radius 3 is 2.55 bits per heavy atom. The van der Waals surface area contributed by atoms with Crippen LogP contribution in [-0.2, 0) is 4.79 Å². The fourth-order valence-electron chi connectivity index (χ4n) is 3.28. The monoisotopic (exact) mass is 320 g/mol. The van der Waals surface area contributed by atoms with Gasteiger partial charge in [-0.3, -0.25) is 4.79 Å². The summed E-state index contributed by atoms with van der Waals surface area (Å²) >= 11 is 1.78. The van der Waals surface area contributed by atoms with E-state index in [2.05, 4.69) is 15.1 Å². The van der Waals surface area contributed by atoms with Crippen LogP contribution in [0.2, 0.25) is 0 Å². The van der Waals surface area contributed by atoms with Gasteiger partial charge in [0, 0.05) is 38.5 Å². The number of carbonyl (C=O) groups is 1. The molecule has 1 saturated heterocycles. The molecule has 0 spiro atoms. The van der Waals surface area contributed by atoms with E-state index in [1.165, 1.54) is 17.8 Å². The third kappa shape index (κ3) is 3.12. The van der Waals surface area contributed by atoms with Gasteiger partial charge in [0.15, 0.2) is 0 Å². The highest BCUT2D eigenvalue weighted by Crippen LogP contribution is 2.43. The fourth-order valence-corrected chi connectivity index (χ4v) is 4.34. The number of hydrogen-bond donors (Lipinski definition) is 0. The number of carbonyl (C=O) groups excluding carboxylic acids is 1. The summed E-state index contributed by atoms with van der Waals surface area (Å²) in [5.41, 5.74) is 0. The van der Waals surface area contributed by atoms with Crippen molar-refractivity contribution in [1.29, 1.82) is 0 Å². The minimum atomic E-state index is 0.340. The summed E-state index contributed by atoms with van der Waals surface area (Å²) in [7, 11) is 1.97. The molecule has 2 aliphatic carbocycles. The number of rotatable bonds is 5. The van der Waals surface area contributed by atoms with Crippen LogP contribution in [0.3, 0.4) is 0 Å². The van der Waals surface area contributed by atoms with E-state index in [0.717, 1.165) is 50.4 Å². The second kappa shape index (κ2) is 5.80. The molecule has 1 aromatic rings. The molecule has 5 nitrogen and oxygen atoms in total. The third-order valence-corrected chi connectivity index (χ3v) is 6.22. The van der Waals surface area contributed by atoms with Gasteiger partial charge in [0.05, 0.1) is 0 Å². The zero-order valence-corrected chi connectivity index (χ0v) is 14.0. The van der Waals surface area contributed by atoms with Crippen molar-refractivity contribution in [3.63, 3.8) is 0 Å². The Morgan fingerprint density at radius 2 is 1.91 bits per heavy atom. The Balaban J connectivity index is 1.27. The van der Waals surface area contributed by atoms with E-state index in [-0.39, 0.29) is 0 Å². The zero-order valence-electron chi connectivity index (χ0n) is 13.2. The predicted octanol–water partition coefficient (Wildman–Crippen LogP) is 2.50. The number of anilines is 1. The van der Waals surface area contributed by atoms with Gasteiger partial charge in [0.2, 0.25) is 11.0 Å². The van der Waals surface area contributed by atoms with Crippen LogP contribution in [0.1, 0.15) is 49.5 Å². The smallest absolute Gasteiger partial charge is 0.225 e. The maximum atomic E-state index is 12.0. The molecule has 22 heavy (non-hydrogen) atoms. The molecule has 2 saturated carbocycles. The summed E-state index contributed by atoms with van der Waals surface area (Å²) in [6, 6.07) is 0. The van der Waals surface area contributed by atoms with E-state index < -0.39 is 0 Å². The molecule has 0 unspecified atom stereocenters. The van der Waals surface area contributed by atoms with E-state index in [9.17, 15) is 4.79 Å². The Kier molecular flexibility index (Phi) is 3.80. The van der Waals surface area contributed by atoms with Gasteiger partial charge >= 0.3 is 0 Å². The molecule has 0 N–H and O–H groups in total. The lowest BCUT2D eigenvalue weighted by molar-refractivity contribution is -0.131. The topological polar surface area (TPSA) is 49.3 Å². The number of nitrogens with zero attached hydrogens (tertiary/aromatic N) is 4. The van der Waals surface area contributed by atoms with E-state index in [4.69, 9.17) is 0 Å². The fraction of sp³-hybridized carbons (Fsp3) is 0.812. The van der Waals surface area contributed by atoms with Gasteiger partial charge in [-0.25, -0.2) is 0 Å². The Bertz CT molecular complexity index is 544. The van der Waals surface area contributed by atoms with Gasteiger partial charge in [-0.05, 0) is 44.4 Å². The first-order chi connectivity index (χ1) is 10.7. The zero-order chi connectivity index (χ0) is 15.1. The summed E-state index contributed by atoms with van der Waals surface area (Å²) in [6.45, 7) is 3.03. The number of aromatic nitrogens is 2. The molecule has 1 aromatic heterocycles. The molecule has 0 atom stereocenters. The molecular weight excluding hydrogens is 296 g/mol. The van der Waals surface area contributed by atoms with E-state index >= 15 is 0 Å². The molecule has 4 rings (SSSR count). The summed E-state index contributed by atoms with van der Waals surface area (Å²) < 4.78 is 0. The molecule has 2 heterocycles. The maximum absolute atomic E-state index is 12.0. The molecule has 120 valence electrons. The molecule has 0 aromatic carbocycles. The Labute approximate surface area is 135 Å². The summed E-state index contributed by atoms with van der Waals surface area (Å²) in [5, 5.41) is 11.0. The highest BCUT2D eigenvalue weighted by Gasteiger charge is 2.33. The van der Waals surface area contributed by atoms with Crippen molar-refractivity contribution in [1.82, 2.24) is 15.1 Å². The highest BCUT2D eigenvalue weighted by atomic mass is 32.1. The van der Waals surface area contributed by atoms with Crippen molar-refractivity contribution in [2.75, 3.05) is 31.6 Å². The van der Waals surface area contributed by atoms with Crippen LogP contribution in [0.4, 0.5) is 5.13 Å². The van der Waals surface area contributed by atoms with Crippen LogP contribution in [0.5, 0.6) is 0 Å². The standard InChI is InChI=1S/C16H24N4OS/c1-19(15(21)13-4-5-13)10-11-6-8-20(9-7-11)16-18-17-14(22-16)12-2-3-12/h11-13H,2-10H2,1H3. The minimum Gasteiger partial charge on any atom is -0.347 e. The van der Waals surface area contributed by atoms with Gasteiger partial charge in [-0.1, -0.05) is 11.3 Å². The van der Waals surface area contributed by atoms with Gasteiger partial charge in [0.1, 0.15) is 5.01 Å². The van der Waals surface area contributed by atoms with Crippen LogP contribution >= 0.6 is 11.3 Å². The number of amides is 1. The number of hydrogen-bond acceptors (Lipinski definition) is 5. The first-order valence-electron chi connectivity index (χ1n) is 8.54. The van der Waals surface area contributed by atoms with Gasteiger partial charge < -0.3 is 9.80 Å². The van der Waals surface area contributed by atoms with Crippen molar-refractivity contribution in [2.24, 2.45) is 11.8 Å². The van der Waals surface area contributed by atoms with Gasteiger partial charge in [-0.15, -0.1) is 10.2 Å². The van der Waals surface area contributed by atoms with Gasteiger partial charge in [0.25, 0.3) is 0 Å². The molecule has 3 aliphatic rings. The highest BCUT2D eigenvalue weighted by molar-refractivity contribution is 7.15. The molecule has 1 aliphatic heterocycles. The third-order valence-electron chi connectivity index (χ3n) is 5.08. The van der Waals surface area contributed by atoms with Crippen molar-refractivity contribution in [3.05, 3.63) is 5.01 Å². The summed E-state index contributed by atoms with van der Waals surface area (Å²) in [6.07, 6.45) is 7.08. The van der Waals surface area contributed by atoms with Crippen molar-refractivity contribution >= 4 is 22.4 Å². The first kappa shape index (κ1) is 14.4. The second-order valence-electron chi connectivity index (χ2n) is 7.12. The average molecular weight is 320 g/mol. The largest absolute Gasteiger partial charge is 0.347 e. The van der Waals surface area contributed by atoms with Crippen LogP contribution in [0, 0.1) is 11.8 Å².